The Kier molecular flexibility index (Phi) is 5.51. The van der Waals surface area contributed by atoms with Gasteiger partial charge in [0.05, 0.1) is 5.69 Å². The minimum absolute atomic E-state index is 0.124. The molecular weight excluding hydrogens is 363 g/mol. The van der Waals surface area contributed by atoms with E-state index >= 15 is 0 Å². The summed E-state index contributed by atoms with van der Waals surface area (Å²) in [5, 5.41) is 8.34. The van der Waals surface area contributed by atoms with E-state index in [0.717, 1.165) is 37.6 Å². The van der Waals surface area contributed by atoms with E-state index in [1.54, 1.807) is 25.1 Å². The van der Waals surface area contributed by atoms with Crippen LogP contribution in [0.15, 0.2) is 18.2 Å². The predicted octanol–water partition coefficient (Wildman–Crippen LogP) is 3.48. The monoisotopic (exact) mass is 382 g/mol. The number of carbonyl (C=O) groups excluding carboxylic acids is 1. The van der Waals surface area contributed by atoms with E-state index in [0.29, 0.717) is 28.1 Å². The number of aromatic nitrogens is 2. The van der Waals surface area contributed by atoms with Crippen LogP contribution in [0.4, 0.5) is 0 Å². The molecule has 3 rings (SSSR count). The molecular formula is C17H20Cl2N4O2. The topological polar surface area (TPSA) is 61.5 Å². The van der Waals surface area contributed by atoms with E-state index in [2.05, 4.69) is 15.1 Å². The molecule has 0 spiro atoms. The summed E-state index contributed by atoms with van der Waals surface area (Å²) in [5.74, 6) is 1.39. The molecule has 1 fully saturated rings. The minimum atomic E-state index is 0.124. The zero-order chi connectivity index (χ0) is 18.0. The molecule has 1 N–H and O–H groups in total. The van der Waals surface area contributed by atoms with Crippen LogP contribution in [-0.2, 0) is 11.3 Å². The lowest BCUT2D eigenvalue weighted by Crippen LogP contribution is -2.47. The lowest BCUT2D eigenvalue weighted by atomic mass is 10.2. The average Bonchev–Trinajstić information content (AvgIpc) is 2.87. The summed E-state index contributed by atoms with van der Waals surface area (Å²) in [6.45, 7) is 7.28. The third-order valence-electron chi connectivity index (χ3n) is 4.22. The summed E-state index contributed by atoms with van der Waals surface area (Å²) < 4.78 is 5.99. The van der Waals surface area contributed by atoms with Gasteiger partial charge < -0.3 is 9.64 Å². The van der Waals surface area contributed by atoms with Gasteiger partial charge in [-0.2, -0.15) is 5.10 Å². The number of aromatic amines is 1. The van der Waals surface area contributed by atoms with Gasteiger partial charge in [0.1, 0.15) is 11.4 Å². The van der Waals surface area contributed by atoms with Crippen molar-refractivity contribution in [3.63, 3.8) is 0 Å². The number of nitrogens with one attached hydrogen (secondary N) is 1. The predicted molar refractivity (Wildman–Crippen MR) is 97.4 cm³/mol. The maximum atomic E-state index is 11.4. The molecule has 1 aromatic heterocycles. The van der Waals surface area contributed by atoms with E-state index in [-0.39, 0.29) is 5.91 Å². The van der Waals surface area contributed by atoms with Crippen molar-refractivity contribution in [2.24, 2.45) is 0 Å². The largest absolute Gasteiger partial charge is 0.453 e. The number of benzene rings is 1. The van der Waals surface area contributed by atoms with Gasteiger partial charge in [-0.15, -0.1) is 0 Å². The molecule has 0 saturated carbocycles. The third-order valence-corrected chi connectivity index (χ3v) is 4.65. The Balaban J connectivity index is 1.71. The molecule has 0 radical (unpaired) electrons. The van der Waals surface area contributed by atoms with E-state index in [1.165, 1.54) is 0 Å². The Morgan fingerprint density at radius 2 is 1.84 bits per heavy atom. The molecule has 25 heavy (non-hydrogen) atoms. The lowest BCUT2D eigenvalue weighted by Gasteiger charge is -2.33. The highest BCUT2D eigenvalue weighted by molar-refractivity contribution is 6.34. The van der Waals surface area contributed by atoms with Gasteiger partial charge in [0.15, 0.2) is 5.75 Å². The second-order valence-corrected chi connectivity index (χ2v) is 6.98. The quantitative estimate of drug-likeness (QED) is 0.878. The second kappa shape index (κ2) is 7.64. The Hall–Kier alpha value is -1.76. The van der Waals surface area contributed by atoms with Crippen molar-refractivity contribution in [3.05, 3.63) is 39.6 Å². The van der Waals surface area contributed by atoms with Crippen LogP contribution in [0, 0.1) is 6.92 Å². The number of hydrogen-bond acceptors (Lipinski definition) is 4. The highest BCUT2D eigenvalue weighted by Gasteiger charge is 2.21. The van der Waals surface area contributed by atoms with Crippen molar-refractivity contribution in [2.45, 2.75) is 20.4 Å². The number of nitrogens with zero attached hydrogens (tertiary/aromatic N) is 3. The van der Waals surface area contributed by atoms with Crippen molar-refractivity contribution in [3.8, 4) is 11.5 Å². The minimum Gasteiger partial charge on any atom is -0.453 e. The standard InChI is InChI=1S/C17H20Cl2N4O2/c1-11-17(25-15-8-13(18)7-14(19)9-15)16(21-20-11)10-22-3-5-23(6-4-22)12(2)24/h7-9H,3-6,10H2,1-2H3,(H,20,21). The smallest absolute Gasteiger partial charge is 0.219 e. The molecule has 0 atom stereocenters. The van der Waals surface area contributed by atoms with E-state index in [1.807, 2.05) is 11.8 Å². The number of carbonyl (C=O) groups is 1. The fourth-order valence-corrected chi connectivity index (χ4v) is 3.37. The number of piperazine rings is 1. The molecule has 134 valence electrons. The van der Waals surface area contributed by atoms with Gasteiger partial charge >= 0.3 is 0 Å². The molecule has 2 aromatic rings. The van der Waals surface area contributed by atoms with Crippen molar-refractivity contribution in [1.29, 1.82) is 0 Å². The number of H-pyrrole nitrogens is 1. The van der Waals surface area contributed by atoms with Crippen LogP contribution in [0.2, 0.25) is 10.0 Å². The first kappa shape index (κ1) is 18.0. The van der Waals surface area contributed by atoms with Gasteiger partial charge in [-0.3, -0.25) is 14.8 Å². The third kappa shape index (κ3) is 4.45. The highest BCUT2D eigenvalue weighted by atomic mass is 35.5. The summed E-state index contributed by atoms with van der Waals surface area (Å²) in [6.07, 6.45) is 0. The van der Waals surface area contributed by atoms with Crippen LogP contribution in [-0.4, -0.2) is 52.1 Å². The van der Waals surface area contributed by atoms with Crippen LogP contribution < -0.4 is 4.74 Å². The normalized spacial score (nSPS) is 15.4. The highest BCUT2D eigenvalue weighted by Crippen LogP contribution is 2.32. The van der Waals surface area contributed by atoms with Gasteiger partial charge in [-0.05, 0) is 25.1 Å². The summed E-state index contributed by atoms with van der Waals surface area (Å²) in [7, 11) is 0. The number of aryl methyl sites for hydroxylation is 1. The van der Waals surface area contributed by atoms with Crippen molar-refractivity contribution in [1.82, 2.24) is 20.0 Å². The van der Waals surface area contributed by atoms with Crippen LogP contribution >= 0.6 is 23.2 Å². The fraction of sp³-hybridized carbons (Fsp3) is 0.412. The summed E-state index contributed by atoms with van der Waals surface area (Å²) in [4.78, 5) is 15.6. The number of rotatable bonds is 4. The van der Waals surface area contributed by atoms with Crippen molar-refractivity contribution < 1.29 is 9.53 Å². The van der Waals surface area contributed by atoms with Crippen LogP contribution in [0.5, 0.6) is 11.5 Å². The summed E-state index contributed by atoms with van der Waals surface area (Å²) in [6, 6.07) is 5.10. The zero-order valence-corrected chi connectivity index (χ0v) is 15.7. The average molecular weight is 383 g/mol. The molecule has 2 heterocycles. The maximum Gasteiger partial charge on any atom is 0.219 e. The maximum absolute atomic E-state index is 11.4. The Bertz CT molecular complexity index is 750. The molecule has 1 aliphatic heterocycles. The van der Waals surface area contributed by atoms with Crippen LogP contribution in [0.3, 0.4) is 0 Å². The molecule has 1 amide bonds. The van der Waals surface area contributed by atoms with Crippen molar-refractivity contribution in [2.75, 3.05) is 26.2 Å². The number of ether oxygens (including phenoxy) is 1. The second-order valence-electron chi connectivity index (χ2n) is 6.11. The van der Waals surface area contributed by atoms with E-state index in [4.69, 9.17) is 27.9 Å². The molecule has 0 aliphatic carbocycles. The van der Waals surface area contributed by atoms with Crippen LogP contribution in [0.25, 0.3) is 0 Å². The number of hydrogen-bond donors (Lipinski definition) is 1. The number of halogens is 2. The summed E-state index contributed by atoms with van der Waals surface area (Å²) in [5.41, 5.74) is 1.67. The van der Waals surface area contributed by atoms with E-state index in [9.17, 15) is 4.79 Å². The molecule has 0 bridgehead atoms. The molecule has 1 saturated heterocycles. The first-order chi connectivity index (χ1) is 11.9. The molecule has 8 heteroatoms. The Labute approximate surface area is 156 Å². The van der Waals surface area contributed by atoms with Gasteiger partial charge in [-0.1, -0.05) is 23.2 Å². The van der Waals surface area contributed by atoms with E-state index < -0.39 is 0 Å². The SMILES string of the molecule is CC(=O)N1CCN(Cc2[nH]nc(C)c2Oc2cc(Cl)cc(Cl)c2)CC1. The fourth-order valence-electron chi connectivity index (χ4n) is 2.86. The van der Waals surface area contributed by atoms with Gasteiger partial charge in [0.25, 0.3) is 0 Å². The summed E-state index contributed by atoms with van der Waals surface area (Å²) >= 11 is 12.1. The van der Waals surface area contributed by atoms with Crippen molar-refractivity contribution >= 4 is 29.1 Å². The molecule has 1 aromatic carbocycles. The number of amides is 1. The van der Waals surface area contributed by atoms with Gasteiger partial charge in [-0.25, -0.2) is 0 Å². The molecule has 0 unspecified atom stereocenters. The molecule has 1 aliphatic rings. The Morgan fingerprint density at radius 1 is 1.20 bits per heavy atom. The zero-order valence-electron chi connectivity index (χ0n) is 14.2. The first-order valence-corrected chi connectivity index (χ1v) is 8.83. The van der Waals surface area contributed by atoms with Gasteiger partial charge in [0.2, 0.25) is 5.91 Å². The molecule has 6 nitrogen and oxygen atoms in total. The Morgan fingerprint density at radius 3 is 2.44 bits per heavy atom. The van der Waals surface area contributed by atoms with Gasteiger partial charge in [0, 0.05) is 49.7 Å². The lowest BCUT2D eigenvalue weighted by molar-refractivity contribution is -0.130. The van der Waals surface area contributed by atoms with Crippen LogP contribution in [0.1, 0.15) is 18.3 Å². The first-order valence-electron chi connectivity index (χ1n) is 8.08.